The van der Waals surface area contributed by atoms with E-state index in [0.29, 0.717) is 19.1 Å². The largest absolute Gasteiger partial charge is 0.541 e. The van der Waals surface area contributed by atoms with Gasteiger partial charge in [0.25, 0.3) is 8.32 Å². The van der Waals surface area contributed by atoms with Crippen LogP contribution in [0.2, 0.25) is 36.3 Å². The van der Waals surface area contributed by atoms with Crippen molar-refractivity contribution in [1.82, 2.24) is 0 Å². The van der Waals surface area contributed by atoms with Gasteiger partial charge in [-0.2, -0.15) is 0 Å². The first-order valence-corrected chi connectivity index (χ1v) is 16.6. The second-order valence-corrected chi connectivity index (χ2v) is 20.8. The Kier molecular flexibility index (Phi) is 8.62. The van der Waals surface area contributed by atoms with E-state index in [2.05, 4.69) is 79.9 Å². The fraction of sp³-hybridized carbons (Fsp3) is 0.739. The average molecular weight is 440 g/mol. The van der Waals surface area contributed by atoms with E-state index in [1.54, 1.807) is 7.11 Å². The highest BCUT2D eigenvalue weighted by Gasteiger charge is 2.40. The molecule has 1 unspecified atom stereocenters. The standard InChI is InChI=1S/C23H45NO3Si2/c1-22(2,3)28(8,9)26-17-19(16-24)14-18-12-13-20(25-7)21(15-18)27-29(10,11)23(4,5)6/h12-13,15,19H,14,16-17,24H2,1-11H3. The Labute approximate surface area is 181 Å². The van der Waals surface area contributed by atoms with Crippen molar-refractivity contribution in [2.75, 3.05) is 20.3 Å². The maximum Gasteiger partial charge on any atom is 0.250 e. The van der Waals surface area contributed by atoms with Crippen LogP contribution in [0, 0.1) is 5.92 Å². The highest BCUT2D eigenvalue weighted by molar-refractivity contribution is 6.75. The molecule has 168 valence electrons. The summed E-state index contributed by atoms with van der Waals surface area (Å²) in [6, 6.07) is 6.26. The smallest absolute Gasteiger partial charge is 0.250 e. The van der Waals surface area contributed by atoms with Gasteiger partial charge in [0.1, 0.15) is 5.75 Å². The Hall–Kier alpha value is -0.826. The minimum atomic E-state index is -1.95. The van der Waals surface area contributed by atoms with Gasteiger partial charge in [-0.25, -0.2) is 0 Å². The number of benzene rings is 1. The van der Waals surface area contributed by atoms with Crippen LogP contribution in [0.1, 0.15) is 47.1 Å². The Morgan fingerprint density at radius 3 is 1.90 bits per heavy atom. The van der Waals surface area contributed by atoms with Crippen molar-refractivity contribution < 1.29 is 13.6 Å². The molecule has 0 aliphatic rings. The van der Waals surface area contributed by atoms with E-state index in [0.717, 1.165) is 17.9 Å². The lowest BCUT2D eigenvalue weighted by atomic mass is 10.00. The normalized spacial score (nSPS) is 14.6. The SMILES string of the molecule is COc1ccc(CC(CN)CO[Si](C)(C)C(C)(C)C)cc1O[Si](C)(C)C(C)(C)C. The summed E-state index contributed by atoms with van der Waals surface area (Å²) < 4.78 is 18.6. The minimum absolute atomic E-state index is 0.130. The third kappa shape index (κ3) is 7.12. The van der Waals surface area contributed by atoms with Crippen LogP contribution in [0.3, 0.4) is 0 Å². The first kappa shape index (κ1) is 26.2. The van der Waals surface area contributed by atoms with Crippen LogP contribution < -0.4 is 14.9 Å². The van der Waals surface area contributed by atoms with Crippen LogP contribution >= 0.6 is 0 Å². The molecule has 29 heavy (non-hydrogen) atoms. The van der Waals surface area contributed by atoms with E-state index in [9.17, 15) is 0 Å². The molecule has 0 heterocycles. The number of hydrogen-bond donors (Lipinski definition) is 1. The molecule has 2 N–H and O–H groups in total. The van der Waals surface area contributed by atoms with Gasteiger partial charge in [-0.3, -0.25) is 0 Å². The topological polar surface area (TPSA) is 53.7 Å². The molecule has 0 saturated carbocycles. The maximum absolute atomic E-state index is 6.56. The monoisotopic (exact) mass is 439 g/mol. The third-order valence-corrected chi connectivity index (χ3v) is 15.6. The van der Waals surface area contributed by atoms with Crippen molar-refractivity contribution in [3.05, 3.63) is 23.8 Å². The molecule has 0 aliphatic carbocycles. The first-order chi connectivity index (χ1) is 13.0. The van der Waals surface area contributed by atoms with Crippen LogP contribution in [0.5, 0.6) is 11.5 Å². The van der Waals surface area contributed by atoms with E-state index in [1.165, 1.54) is 5.56 Å². The highest BCUT2D eigenvalue weighted by atomic mass is 28.4. The van der Waals surface area contributed by atoms with Gasteiger partial charge >= 0.3 is 0 Å². The number of hydrogen-bond acceptors (Lipinski definition) is 4. The molecule has 0 radical (unpaired) electrons. The Morgan fingerprint density at radius 2 is 1.45 bits per heavy atom. The molecule has 0 bridgehead atoms. The zero-order valence-electron chi connectivity index (χ0n) is 20.7. The average Bonchev–Trinajstić information content (AvgIpc) is 2.56. The summed E-state index contributed by atoms with van der Waals surface area (Å²) in [6.45, 7) is 24.0. The van der Waals surface area contributed by atoms with Crippen LogP contribution in [0.15, 0.2) is 18.2 Å². The second kappa shape index (κ2) is 9.54. The minimum Gasteiger partial charge on any atom is -0.541 e. The van der Waals surface area contributed by atoms with Crippen LogP contribution in [-0.4, -0.2) is 36.9 Å². The zero-order chi connectivity index (χ0) is 22.7. The van der Waals surface area contributed by atoms with Crippen molar-refractivity contribution in [3.63, 3.8) is 0 Å². The summed E-state index contributed by atoms with van der Waals surface area (Å²) in [4.78, 5) is 0. The molecule has 0 amide bonds. The van der Waals surface area contributed by atoms with Gasteiger partial charge in [-0.1, -0.05) is 47.6 Å². The van der Waals surface area contributed by atoms with E-state index in [4.69, 9.17) is 19.3 Å². The molecule has 4 nitrogen and oxygen atoms in total. The fourth-order valence-corrected chi connectivity index (χ4v) is 4.54. The summed E-state index contributed by atoms with van der Waals surface area (Å²) in [5, 5.41) is 0.335. The lowest BCUT2D eigenvalue weighted by Gasteiger charge is -2.37. The van der Waals surface area contributed by atoms with Crippen LogP contribution in [-0.2, 0) is 10.8 Å². The lowest BCUT2D eigenvalue weighted by molar-refractivity contribution is 0.230. The Bertz CT molecular complexity index is 661. The Balaban J connectivity index is 2.98. The van der Waals surface area contributed by atoms with Crippen molar-refractivity contribution in [2.24, 2.45) is 11.7 Å². The predicted octanol–water partition coefficient (Wildman–Crippen LogP) is 6.22. The van der Waals surface area contributed by atoms with Crippen molar-refractivity contribution in [3.8, 4) is 11.5 Å². The van der Waals surface area contributed by atoms with Gasteiger partial charge < -0.3 is 19.3 Å². The van der Waals surface area contributed by atoms with Gasteiger partial charge in [0, 0.05) is 6.61 Å². The van der Waals surface area contributed by atoms with E-state index >= 15 is 0 Å². The van der Waals surface area contributed by atoms with Crippen molar-refractivity contribution >= 4 is 16.6 Å². The van der Waals surface area contributed by atoms with Crippen LogP contribution in [0.25, 0.3) is 0 Å². The molecule has 0 fully saturated rings. The molecule has 0 aromatic heterocycles. The Morgan fingerprint density at radius 1 is 0.897 bits per heavy atom. The van der Waals surface area contributed by atoms with Gasteiger partial charge in [-0.05, 0) is 72.8 Å². The highest BCUT2D eigenvalue weighted by Crippen LogP contribution is 2.40. The fourth-order valence-electron chi connectivity index (χ4n) is 2.44. The van der Waals surface area contributed by atoms with Gasteiger partial charge in [0.2, 0.25) is 0 Å². The summed E-state index contributed by atoms with van der Waals surface area (Å²) in [5.41, 5.74) is 7.31. The van der Waals surface area contributed by atoms with E-state index in [1.807, 2.05) is 6.07 Å². The summed E-state index contributed by atoms with van der Waals surface area (Å²) in [6.07, 6.45) is 0.878. The molecule has 1 rings (SSSR count). The molecule has 0 aliphatic heterocycles. The molecular weight excluding hydrogens is 394 g/mol. The second-order valence-electron chi connectivity index (χ2n) is 11.2. The zero-order valence-corrected chi connectivity index (χ0v) is 22.7. The predicted molar refractivity (Wildman–Crippen MR) is 130 cm³/mol. The number of rotatable bonds is 9. The van der Waals surface area contributed by atoms with Gasteiger partial charge in [-0.15, -0.1) is 0 Å². The number of nitrogens with two attached hydrogens (primary N) is 1. The molecule has 1 aromatic rings. The third-order valence-electron chi connectivity index (χ3n) is 6.74. The summed E-state index contributed by atoms with van der Waals surface area (Å²) in [7, 11) is -2.03. The first-order valence-electron chi connectivity index (χ1n) is 10.7. The number of ether oxygens (including phenoxy) is 1. The van der Waals surface area contributed by atoms with Crippen molar-refractivity contribution in [2.45, 2.75) is 84.2 Å². The maximum atomic E-state index is 6.56. The van der Waals surface area contributed by atoms with Crippen molar-refractivity contribution in [1.29, 1.82) is 0 Å². The van der Waals surface area contributed by atoms with Gasteiger partial charge in [0.05, 0.1) is 7.11 Å². The van der Waals surface area contributed by atoms with Gasteiger partial charge in [0.15, 0.2) is 14.1 Å². The molecule has 6 heteroatoms. The quantitative estimate of drug-likeness (QED) is 0.464. The van der Waals surface area contributed by atoms with E-state index < -0.39 is 16.6 Å². The summed E-state index contributed by atoms with van der Waals surface area (Å²) in [5.74, 6) is 1.93. The lowest BCUT2D eigenvalue weighted by Crippen LogP contribution is -2.44. The summed E-state index contributed by atoms with van der Waals surface area (Å²) >= 11 is 0. The van der Waals surface area contributed by atoms with Crippen LogP contribution in [0.4, 0.5) is 0 Å². The molecule has 1 aromatic carbocycles. The number of methoxy groups -OCH3 is 1. The molecular formula is C23H45NO3Si2. The molecule has 1 atom stereocenters. The molecule has 0 spiro atoms. The molecule has 0 saturated heterocycles. The van der Waals surface area contributed by atoms with E-state index in [-0.39, 0.29) is 10.1 Å².